The molecular formula is C8H9N2O2+. The van der Waals surface area contributed by atoms with Crippen molar-refractivity contribution in [2.75, 3.05) is 5.73 Å². The van der Waals surface area contributed by atoms with Gasteiger partial charge in [-0.3, -0.25) is 5.41 Å². The summed E-state index contributed by atoms with van der Waals surface area (Å²) in [6.45, 7) is 0. The van der Waals surface area contributed by atoms with Crippen LogP contribution in [0.15, 0.2) is 18.2 Å². The third kappa shape index (κ3) is 1.42. The van der Waals surface area contributed by atoms with Crippen molar-refractivity contribution in [2.24, 2.45) is 0 Å². The lowest BCUT2D eigenvalue weighted by Gasteiger charge is -1.98. The molecule has 1 rings (SSSR count). The Morgan fingerprint density at radius 3 is 2.67 bits per heavy atom. The van der Waals surface area contributed by atoms with E-state index in [1.54, 1.807) is 6.07 Å². The van der Waals surface area contributed by atoms with Gasteiger partial charge in [-0.05, 0) is 18.2 Å². The lowest BCUT2D eigenvalue weighted by Crippen LogP contribution is -2.30. The zero-order chi connectivity index (χ0) is 9.14. The molecule has 0 aliphatic rings. The highest BCUT2D eigenvalue weighted by molar-refractivity contribution is 5.92. The Morgan fingerprint density at radius 2 is 2.25 bits per heavy atom. The van der Waals surface area contributed by atoms with Gasteiger partial charge in [0.05, 0.1) is 11.1 Å². The van der Waals surface area contributed by atoms with E-state index in [9.17, 15) is 4.79 Å². The van der Waals surface area contributed by atoms with Crippen LogP contribution in [0.3, 0.4) is 0 Å². The molecule has 0 aliphatic carbocycles. The first kappa shape index (κ1) is 8.26. The van der Waals surface area contributed by atoms with E-state index in [-0.39, 0.29) is 5.56 Å². The van der Waals surface area contributed by atoms with Gasteiger partial charge in [-0.15, -0.1) is 0 Å². The van der Waals surface area contributed by atoms with Crippen molar-refractivity contribution < 1.29 is 15.3 Å². The molecule has 0 amide bonds. The van der Waals surface area contributed by atoms with Crippen LogP contribution >= 0.6 is 0 Å². The molecule has 0 fully saturated rings. The predicted octanol–water partition coefficient (Wildman–Crippen LogP) is -0.855. The molecule has 62 valence electrons. The summed E-state index contributed by atoms with van der Waals surface area (Å²) in [5.41, 5.74) is 6.67. The molecule has 1 aromatic carbocycles. The average molecular weight is 165 g/mol. The number of benzene rings is 1. The summed E-state index contributed by atoms with van der Waals surface area (Å²) in [7, 11) is 0. The molecule has 0 unspecified atom stereocenters. The van der Waals surface area contributed by atoms with Crippen molar-refractivity contribution in [3.8, 4) is 0 Å². The maximum Gasteiger partial charge on any atom is 0.335 e. The number of rotatable bonds is 2. The summed E-state index contributed by atoms with van der Waals surface area (Å²) < 4.78 is 0. The SMILES string of the molecule is Nc1cc(C(=O)O)ccc1C=[NH2+]. The number of carbonyl (C=O) groups is 1. The molecular weight excluding hydrogens is 156 g/mol. The standard InChI is InChI=1S/C8H8N2O2/c9-4-6-2-1-5(8(11)12)3-7(6)10/h1-4,9H,10H2,(H,11,12)/p+1. The number of nitrogen functional groups attached to an aromatic ring is 1. The molecule has 4 nitrogen and oxygen atoms in total. The highest BCUT2D eigenvalue weighted by Gasteiger charge is 2.05. The van der Waals surface area contributed by atoms with Crippen molar-refractivity contribution >= 4 is 17.9 Å². The van der Waals surface area contributed by atoms with Crippen molar-refractivity contribution in [3.63, 3.8) is 0 Å². The quantitative estimate of drug-likeness (QED) is 0.393. The molecule has 0 bridgehead atoms. The number of hydrogen-bond donors (Lipinski definition) is 3. The molecule has 0 saturated heterocycles. The van der Waals surface area contributed by atoms with Gasteiger partial charge in [0.1, 0.15) is 0 Å². The Kier molecular flexibility index (Phi) is 2.09. The van der Waals surface area contributed by atoms with Crippen LogP contribution in [-0.4, -0.2) is 17.3 Å². The Bertz CT molecular complexity index is 334. The van der Waals surface area contributed by atoms with Gasteiger partial charge in [-0.2, -0.15) is 0 Å². The minimum Gasteiger partial charge on any atom is -0.478 e. The van der Waals surface area contributed by atoms with Crippen molar-refractivity contribution in [3.05, 3.63) is 29.3 Å². The molecule has 0 heterocycles. The number of hydrogen-bond acceptors (Lipinski definition) is 2. The van der Waals surface area contributed by atoms with Crippen LogP contribution in [0.2, 0.25) is 0 Å². The van der Waals surface area contributed by atoms with Gasteiger partial charge < -0.3 is 10.8 Å². The fraction of sp³-hybridized carbons (Fsp3) is 0. The Hall–Kier alpha value is -1.84. The van der Waals surface area contributed by atoms with E-state index in [1.807, 2.05) is 0 Å². The molecule has 0 saturated carbocycles. The number of carboxylic acid groups (broad SMARTS) is 1. The van der Waals surface area contributed by atoms with E-state index in [0.29, 0.717) is 11.3 Å². The first-order valence-electron chi connectivity index (χ1n) is 3.33. The number of carboxylic acids is 1. The van der Waals surface area contributed by atoms with Crippen LogP contribution in [-0.2, 0) is 0 Å². The lowest BCUT2D eigenvalue weighted by molar-refractivity contribution is -0.104. The van der Waals surface area contributed by atoms with Crippen molar-refractivity contribution in [2.45, 2.75) is 0 Å². The summed E-state index contributed by atoms with van der Waals surface area (Å²) >= 11 is 0. The van der Waals surface area contributed by atoms with Gasteiger partial charge in [-0.1, -0.05) is 0 Å². The molecule has 0 spiro atoms. The van der Waals surface area contributed by atoms with E-state index in [0.717, 1.165) is 0 Å². The maximum absolute atomic E-state index is 10.5. The Labute approximate surface area is 69.1 Å². The molecule has 0 aromatic heterocycles. The van der Waals surface area contributed by atoms with Gasteiger partial charge in [0, 0.05) is 5.69 Å². The highest BCUT2D eigenvalue weighted by Crippen LogP contribution is 2.11. The van der Waals surface area contributed by atoms with Crippen LogP contribution in [0, 0.1) is 0 Å². The van der Waals surface area contributed by atoms with Crippen molar-refractivity contribution in [1.82, 2.24) is 0 Å². The monoisotopic (exact) mass is 165 g/mol. The molecule has 1 aromatic rings. The van der Waals surface area contributed by atoms with E-state index < -0.39 is 5.97 Å². The van der Waals surface area contributed by atoms with E-state index in [4.69, 9.17) is 16.2 Å². The Balaban J connectivity index is 3.18. The fourth-order valence-electron chi connectivity index (χ4n) is 0.860. The summed E-state index contributed by atoms with van der Waals surface area (Å²) in [5, 5.41) is 13.8. The summed E-state index contributed by atoms with van der Waals surface area (Å²) in [4.78, 5) is 10.5. The van der Waals surface area contributed by atoms with E-state index >= 15 is 0 Å². The van der Waals surface area contributed by atoms with Gasteiger partial charge in [0.2, 0.25) is 0 Å². The van der Waals surface area contributed by atoms with Crippen LogP contribution in [0.5, 0.6) is 0 Å². The predicted molar refractivity (Wildman–Crippen MR) is 44.9 cm³/mol. The second-order valence-electron chi connectivity index (χ2n) is 2.32. The molecule has 0 aliphatic heterocycles. The van der Waals surface area contributed by atoms with Gasteiger partial charge >= 0.3 is 5.97 Å². The number of anilines is 1. The second-order valence-corrected chi connectivity index (χ2v) is 2.32. The molecule has 5 N–H and O–H groups in total. The zero-order valence-corrected chi connectivity index (χ0v) is 6.32. The zero-order valence-electron chi connectivity index (χ0n) is 6.32. The lowest BCUT2D eigenvalue weighted by atomic mass is 10.1. The average Bonchev–Trinajstić information content (AvgIpc) is 2.04. The number of aromatic carboxylic acids is 1. The van der Waals surface area contributed by atoms with Gasteiger partial charge in [-0.25, -0.2) is 4.79 Å². The van der Waals surface area contributed by atoms with Crippen LogP contribution in [0.25, 0.3) is 0 Å². The van der Waals surface area contributed by atoms with Crippen molar-refractivity contribution in [1.29, 1.82) is 0 Å². The second kappa shape index (κ2) is 3.04. The van der Waals surface area contributed by atoms with Crippen LogP contribution in [0.4, 0.5) is 5.69 Å². The molecule has 0 radical (unpaired) electrons. The third-order valence-electron chi connectivity index (χ3n) is 1.51. The summed E-state index contributed by atoms with van der Waals surface area (Å²) in [5.74, 6) is -0.995. The maximum atomic E-state index is 10.5. The minimum atomic E-state index is -0.995. The van der Waals surface area contributed by atoms with Crippen LogP contribution in [0.1, 0.15) is 15.9 Å². The van der Waals surface area contributed by atoms with E-state index in [2.05, 4.69) is 0 Å². The minimum absolute atomic E-state index is 0.165. The van der Waals surface area contributed by atoms with E-state index in [1.165, 1.54) is 18.3 Å². The fourth-order valence-corrected chi connectivity index (χ4v) is 0.860. The largest absolute Gasteiger partial charge is 0.478 e. The highest BCUT2D eigenvalue weighted by atomic mass is 16.4. The normalized spacial score (nSPS) is 9.33. The first-order chi connectivity index (χ1) is 5.65. The smallest absolute Gasteiger partial charge is 0.335 e. The van der Waals surface area contributed by atoms with Crippen LogP contribution < -0.4 is 11.1 Å². The number of nitrogens with two attached hydrogens (primary N) is 2. The molecule has 4 heteroatoms. The third-order valence-corrected chi connectivity index (χ3v) is 1.51. The van der Waals surface area contributed by atoms with Gasteiger partial charge in [0.25, 0.3) is 0 Å². The summed E-state index contributed by atoms with van der Waals surface area (Å²) in [6.07, 6.45) is 1.33. The Morgan fingerprint density at radius 1 is 1.58 bits per heavy atom. The molecule has 0 atom stereocenters. The molecule has 12 heavy (non-hydrogen) atoms. The summed E-state index contributed by atoms with van der Waals surface area (Å²) in [6, 6.07) is 4.40. The topological polar surface area (TPSA) is 88.9 Å². The first-order valence-corrected chi connectivity index (χ1v) is 3.33. The van der Waals surface area contributed by atoms with Gasteiger partial charge in [0.15, 0.2) is 6.21 Å².